The number of nitrogens with one attached hydrogen (secondary N) is 1. The highest BCUT2D eigenvalue weighted by Gasteiger charge is 2.27. The van der Waals surface area contributed by atoms with Crippen molar-refractivity contribution in [3.63, 3.8) is 0 Å². The summed E-state index contributed by atoms with van der Waals surface area (Å²) < 4.78 is 1.85. The Morgan fingerprint density at radius 2 is 1.75 bits per heavy atom. The van der Waals surface area contributed by atoms with Crippen molar-refractivity contribution in [3.05, 3.63) is 58.8 Å². The molecule has 1 aliphatic heterocycles. The average molecular weight is 491 g/mol. The zero-order valence-electron chi connectivity index (χ0n) is 22.2. The summed E-state index contributed by atoms with van der Waals surface area (Å²) >= 11 is 0. The second-order valence-electron chi connectivity index (χ2n) is 9.79. The average Bonchev–Trinajstić information content (AvgIpc) is 3.40. The first-order chi connectivity index (χ1) is 17.3. The number of hydrogen-bond donors (Lipinski definition) is 1. The third-order valence-corrected chi connectivity index (χ3v) is 7.07. The number of likely N-dealkylation sites (N-methyl/N-ethyl adjacent to an activating group) is 1. The standard InChI is InChI=1S/C28H38N6O2/c1-6-7-10-13-29-27(35)18-33(25-15-26-24(14-20(25)2)21(3)30-31(26)4)19-28(36)32(5)34-16-22-11-8-9-12-23(22)17-34/h8-9,11-12,14-15H,6-7,10,13,16-19H2,1-5H3,(H,29,35). The molecule has 1 aromatic heterocycles. The minimum absolute atomic E-state index is 0.0535. The van der Waals surface area contributed by atoms with Crippen LogP contribution in [0, 0.1) is 13.8 Å². The Hall–Kier alpha value is -3.39. The Balaban J connectivity index is 1.55. The summed E-state index contributed by atoms with van der Waals surface area (Å²) in [6, 6.07) is 12.4. The molecule has 0 fully saturated rings. The van der Waals surface area contributed by atoms with Crippen LogP contribution in [-0.4, -0.2) is 58.3 Å². The van der Waals surface area contributed by atoms with Crippen molar-refractivity contribution in [1.82, 2.24) is 25.1 Å². The van der Waals surface area contributed by atoms with Gasteiger partial charge in [-0.3, -0.25) is 19.3 Å². The van der Waals surface area contributed by atoms with Crippen LogP contribution in [0.1, 0.15) is 48.6 Å². The second-order valence-corrected chi connectivity index (χ2v) is 9.79. The molecule has 0 unspecified atom stereocenters. The lowest BCUT2D eigenvalue weighted by Crippen LogP contribution is -2.48. The number of anilines is 1. The van der Waals surface area contributed by atoms with E-state index in [1.165, 1.54) is 11.1 Å². The maximum absolute atomic E-state index is 13.5. The van der Waals surface area contributed by atoms with Gasteiger partial charge in [0.25, 0.3) is 5.91 Å². The van der Waals surface area contributed by atoms with Crippen LogP contribution < -0.4 is 10.2 Å². The summed E-state index contributed by atoms with van der Waals surface area (Å²) in [4.78, 5) is 28.3. The van der Waals surface area contributed by atoms with E-state index in [1.807, 2.05) is 55.7 Å². The van der Waals surface area contributed by atoms with Crippen LogP contribution in [0.15, 0.2) is 36.4 Å². The summed E-state index contributed by atoms with van der Waals surface area (Å²) in [7, 11) is 3.74. The van der Waals surface area contributed by atoms with Crippen molar-refractivity contribution < 1.29 is 9.59 Å². The molecule has 2 heterocycles. The number of benzene rings is 2. The minimum Gasteiger partial charge on any atom is -0.355 e. The fourth-order valence-corrected chi connectivity index (χ4v) is 4.93. The molecule has 0 radical (unpaired) electrons. The molecule has 2 amide bonds. The maximum atomic E-state index is 13.5. The number of fused-ring (bicyclic) bond motifs is 2. The predicted molar refractivity (Wildman–Crippen MR) is 143 cm³/mol. The van der Waals surface area contributed by atoms with Gasteiger partial charge in [-0.25, -0.2) is 5.01 Å². The number of aryl methyl sites for hydroxylation is 3. The third-order valence-electron chi connectivity index (χ3n) is 7.07. The summed E-state index contributed by atoms with van der Waals surface area (Å²) in [5, 5.41) is 12.4. The Morgan fingerprint density at radius 3 is 2.42 bits per heavy atom. The fraction of sp³-hybridized carbons (Fsp3) is 0.464. The van der Waals surface area contributed by atoms with Crippen LogP contribution in [0.3, 0.4) is 0 Å². The smallest absolute Gasteiger partial charge is 0.256 e. The Labute approximate surface area is 213 Å². The zero-order valence-corrected chi connectivity index (χ0v) is 22.2. The van der Waals surface area contributed by atoms with E-state index in [4.69, 9.17) is 0 Å². The molecule has 1 N–H and O–H groups in total. The topological polar surface area (TPSA) is 73.7 Å². The second kappa shape index (κ2) is 11.1. The third kappa shape index (κ3) is 5.54. The SMILES string of the molecule is CCCCCNC(=O)CN(CC(=O)N(C)N1Cc2ccccc2C1)c1cc2c(cc1C)c(C)nn2C. The highest BCUT2D eigenvalue weighted by molar-refractivity contribution is 5.91. The molecule has 2 aromatic carbocycles. The molecule has 0 atom stereocenters. The van der Waals surface area contributed by atoms with Gasteiger partial charge in [-0.1, -0.05) is 44.0 Å². The van der Waals surface area contributed by atoms with Crippen LogP contribution in [0.5, 0.6) is 0 Å². The molecular formula is C28H38N6O2. The van der Waals surface area contributed by atoms with Gasteiger partial charge in [0.1, 0.15) is 0 Å². The first-order valence-corrected chi connectivity index (χ1v) is 12.8. The zero-order chi connectivity index (χ0) is 25.8. The number of hydrazine groups is 1. The van der Waals surface area contributed by atoms with Gasteiger partial charge in [-0.2, -0.15) is 5.10 Å². The van der Waals surface area contributed by atoms with Crippen molar-refractivity contribution in [2.75, 3.05) is 31.6 Å². The molecule has 0 saturated carbocycles. The van der Waals surface area contributed by atoms with Gasteiger partial charge in [0.05, 0.1) is 24.3 Å². The number of rotatable bonds is 10. The first-order valence-electron chi connectivity index (χ1n) is 12.8. The van der Waals surface area contributed by atoms with E-state index < -0.39 is 0 Å². The van der Waals surface area contributed by atoms with E-state index in [-0.39, 0.29) is 24.9 Å². The number of aromatic nitrogens is 2. The van der Waals surface area contributed by atoms with E-state index in [1.54, 1.807) is 5.01 Å². The van der Waals surface area contributed by atoms with Crippen molar-refractivity contribution >= 4 is 28.4 Å². The Kier molecular flexibility index (Phi) is 7.94. The van der Waals surface area contributed by atoms with Crippen LogP contribution >= 0.6 is 0 Å². The van der Waals surface area contributed by atoms with Gasteiger partial charge in [0, 0.05) is 44.8 Å². The monoisotopic (exact) mass is 490 g/mol. The number of amides is 2. The number of carbonyl (C=O) groups is 2. The normalized spacial score (nSPS) is 13.1. The number of unbranched alkanes of at least 4 members (excludes halogenated alkanes) is 2. The van der Waals surface area contributed by atoms with Crippen LogP contribution in [0.4, 0.5) is 5.69 Å². The molecular weight excluding hydrogens is 452 g/mol. The predicted octanol–water partition coefficient (Wildman–Crippen LogP) is 3.69. The highest BCUT2D eigenvalue weighted by atomic mass is 16.2. The van der Waals surface area contributed by atoms with Gasteiger partial charge in [-0.05, 0) is 49.1 Å². The van der Waals surface area contributed by atoms with Gasteiger partial charge in [0.15, 0.2) is 0 Å². The molecule has 4 rings (SSSR count). The van der Waals surface area contributed by atoms with Crippen molar-refractivity contribution in [1.29, 1.82) is 0 Å². The first kappa shape index (κ1) is 25.7. The van der Waals surface area contributed by atoms with Crippen LogP contribution in [0.25, 0.3) is 10.9 Å². The van der Waals surface area contributed by atoms with Crippen molar-refractivity contribution in [2.45, 2.75) is 53.1 Å². The Bertz CT molecular complexity index is 1230. The van der Waals surface area contributed by atoms with Crippen LogP contribution in [0.2, 0.25) is 0 Å². The molecule has 0 aliphatic carbocycles. The van der Waals surface area contributed by atoms with Gasteiger partial charge >= 0.3 is 0 Å². The van der Waals surface area contributed by atoms with E-state index in [0.717, 1.165) is 47.1 Å². The molecule has 192 valence electrons. The maximum Gasteiger partial charge on any atom is 0.256 e. The van der Waals surface area contributed by atoms with Gasteiger partial charge in [-0.15, -0.1) is 0 Å². The minimum atomic E-state index is -0.0733. The van der Waals surface area contributed by atoms with E-state index in [0.29, 0.717) is 19.6 Å². The number of nitrogens with zero attached hydrogens (tertiary/aromatic N) is 5. The summed E-state index contributed by atoms with van der Waals surface area (Å²) in [5.41, 5.74) is 6.33. The molecule has 36 heavy (non-hydrogen) atoms. The molecule has 0 saturated heterocycles. The molecule has 8 heteroatoms. The molecule has 0 bridgehead atoms. The summed E-state index contributed by atoms with van der Waals surface area (Å²) in [5.74, 6) is -0.127. The molecule has 3 aromatic rings. The number of carbonyl (C=O) groups excluding carboxylic acids is 2. The van der Waals surface area contributed by atoms with E-state index >= 15 is 0 Å². The van der Waals surface area contributed by atoms with Crippen LogP contribution in [-0.2, 0) is 29.7 Å². The quantitative estimate of drug-likeness (QED) is 0.439. The van der Waals surface area contributed by atoms with Gasteiger partial charge < -0.3 is 10.2 Å². The van der Waals surface area contributed by atoms with E-state index in [9.17, 15) is 9.59 Å². The lowest BCUT2D eigenvalue weighted by molar-refractivity contribution is -0.145. The van der Waals surface area contributed by atoms with Crippen molar-refractivity contribution in [3.8, 4) is 0 Å². The largest absolute Gasteiger partial charge is 0.355 e. The molecule has 1 aliphatic rings. The lowest BCUT2D eigenvalue weighted by Gasteiger charge is -2.32. The molecule has 0 spiro atoms. The summed E-state index contributed by atoms with van der Waals surface area (Å²) in [6.07, 6.45) is 3.15. The fourth-order valence-electron chi connectivity index (χ4n) is 4.93. The van der Waals surface area contributed by atoms with Gasteiger partial charge in [0.2, 0.25) is 5.91 Å². The van der Waals surface area contributed by atoms with Crippen molar-refractivity contribution in [2.24, 2.45) is 7.05 Å². The molecule has 8 nitrogen and oxygen atoms in total. The van der Waals surface area contributed by atoms with E-state index in [2.05, 4.69) is 40.5 Å². The Morgan fingerprint density at radius 1 is 1.06 bits per heavy atom. The lowest BCUT2D eigenvalue weighted by atomic mass is 10.1. The number of hydrogen-bond acceptors (Lipinski definition) is 5. The summed E-state index contributed by atoms with van der Waals surface area (Å²) in [6.45, 7) is 8.45. The highest BCUT2D eigenvalue weighted by Crippen LogP contribution is 2.29.